The predicted octanol–water partition coefficient (Wildman–Crippen LogP) is 2.32. The van der Waals surface area contributed by atoms with Crippen LogP contribution in [0.4, 0.5) is 0 Å². The summed E-state index contributed by atoms with van der Waals surface area (Å²) >= 11 is 3.47. The zero-order valence-corrected chi connectivity index (χ0v) is 10.4. The minimum atomic E-state index is -0.424. The molecule has 1 atom stereocenters. The van der Waals surface area contributed by atoms with Crippen LogP contribution in [0.5, 0.6) is 0 Å². The van der Waals surface area contributed by atoms with Crippen LogP contribution in [0.25, 0.3) is 0 Å². The van der Waals surface area contributed by atoms with Crippen molar-refractivity contribution in [3.63, 3.8) is 0 Å². The van der Waals surface area contributed by atoms with Crippen LogP contribution in [0, 0.1) is 13.8 Å². The van der Waals surface area contributed by atoms with E-state index in [9.17, 15) is 5.11 Å². The van der Waals surface area contributed by atoms with Crippen molar-refractivity contribution in [2.24, 2.45) is 0 Å². The van der Waals surface area contributed by atoms with E-state index < -0.39 is 6.10 Å². The fraction of sp³-hybridized carbons (Fsp3) is 0.455. The fourth-order valence-electron chi connectivity index (χ4n) is 1.47. The summed E-state index contributed by atoms with van der Waals surface area (Å²) in [7, 11) is 1.84. The van der Waals surface area contributed by atoms with Gasteiger partial charge in [0, 0.05) is 11.0 Å². The first-order valence-electron chi connectivity index (χ1n) is 4.66. The van der Waals surface area contributed by atoms with Crippen LogP contribution in [0.2, 0.25) is 0 Å². The van der Waals surface area contributed by atoms with Crippen molar-refractivity contribution in [3.05, 3.63) is 33.3 Å². The molecule has 1 unspecified atom stereocenters. The lowest BCUT2D eigenvalue weighted by atomic mass is 9.99. The molecule has 0 heterocycles. The molecule has 0 spiro atoms. The number of benzene rings is 1. The molecule has 0 saturated carbocycles. The molecular formula is C11H16BrNO. The van der Waals surface area contributed by atoms with Crippen molar-refractivity contribution in [2.75, 3.05) is 13.6 Å². The predicted molar refractivity (Wildman–Crippen MR) is 62.5 cm³/mol. The summed E-state index contributed by atoms with van der Waals surface area (Å²) in [6.07, 6.45) is -0.424. The zero-order valence-electron chi connectivity index (χ0n) is 8.76. The molecule has 0 amide bonds. The maximum Gasteiger partial charge on any atom is 0.0916 e. The number of hydrogen-bond donors (Lipinski definition) is 2. The van der Waals surface area contributed by atoms with Gasteiger partial charge >= 0.3 is 0 Å². The number of likely N-dealkylation sites (N-methyl/N-ethyl adjacent to an activating group) is 1. The smallest absolute Gasteiger partial charge is 0.0916 e. The fourth-order valence-corrected chi connectivity index (χ4v) is 1.90. The lowest BCUT2D eigenvalue weighted by Gasteiger charge is -2.15. The van der Waals surface area contributed by atoms with Gasteiger partial charge in [0.1, 0.15) is 0 Å². The van der Waals surface area contributed by atoms with Gasteiger partial charge in [0.25, 0.3) is 0 Å². The molecule has 2 nitrogen and oxygen atoms in total. The average molecular weight is 258 g/mol. The van der Waals surface area contributed by atoms with Gasteiger partial charge in [-0.15, -0.1) is 0 Å². The number of rotatable bonds is 3. The van der Waals surface area contributed by atoms with Crippen molar-refractivity contribution in [1.82, 2.24) is 5.32 Å². The van der Waals surface area contributed by atoms with Gasteiger partial charge < -0.3 is 10.4 Å². The van der Waals surface area contributed by atoms with Gasteiger partial charge in [-0.3, -0.25) is 0 Å². The van der Waals surface area contributed by atoms with Gasteiger partial charge in [0.2, 0.25) is 0 Å². The highest BCUT2D eigenvalue weighted by atomic mass is 79.9. The third-order valence-electron chi connectivity index (χ3n) is 2.52. The number of hydrogen-bond acceptors (Lipinski definition) is 2. The summed E-state index contributed by atoms with van der Waals surface area (Å²) < 4.78 is 1.09. The van der Waals surface area contributed by atoms with Crippen LogP contribution >= 0.6 is 15.9 Å². The first kappa shape index (κ1) is 11.7. The minimum absolute atomic E-state index is 0.424. The summed E-state index contributed by atoms with van der Waals surface area (Å²) in [5.41, 5.74) is 3.35. The van der Waals surface area contributed by atoms with Crippen LogP contribution in [0.3, 0.4) is 0 Å². The molecule has 0 saturated heterocycles. The molecule has 0 fully saturated rings. The highest BCUT2D eigenvalue weighted by Gasteiger charge is 2.11. The van der Waals surface area contributed by atoms with Crippen molar-refractivity contribution >= 4 is 15.9 Å². The Bertz CT molecular complexity index is 325. The number of halogens is 1. The van der Waals surface area contributed by atoms with Crippen LogP contribution in [0.1, 0.15) is 22.8 Å². The molecule has 0 radical (unpaired) electrons. The summed E-state index contributed by atoms with van der Waals surface area (Å²) in [6.45, 7) is 4.67. The second-order valence-corrected chi connectivity index (χ2v) is 4.31. The Morgan fingerprint density at radius 2 is 2.00 bits per heavy atom. The standard InChI is InChI=1S/C11H16BrNO/c1-7-8(2)10(12)5-4-9(7)11(14)6-13-3/h4-5,11,13-14H,6H2,1-3H3. The van der Waals surface area contributed by atoms with E-state index in [4.69, 9.17) is 0 Å². The van der Waals surface area contributed by atoms with Gasteiger partial charge in [-0.2, -0.15) is 0 Å². The normalized spacial score (nSPS) is 12.9. The summed E-state index contributed by atoms with van der Waals surface area (Å²) in [4.78, 5) is 0. The van der Waals surface area contributed by atoms with E-state index in [-0.39, 0.29) is 0 Å². The molecule has 1 aromatic rings. The molecule has 14 heavy (non-hydrogen) atoms. The SMILES string of the molecule is CNCC(O)c1ccc(Br)c(C)c1C. The van der Waals surface area contributed by atoms with Gasteiger partial charge in [0.05, 0.1) is 6.10 Å². The molecule has 78 valence electrons. The Hall–Kier alpha value is -0.380. The number of aliphatic hydroxyl groups excluding tert-OH is 1. The van der Waals surface area contributed by atoms with Gasteiger partial charge in [0.15, 0.2) is 0 Å². The molecular weight excluding hydrogens is 242 g/mol. The van der Waals surface area contributed by atoms with Crippen LogP contribution in [0.15, 0.2) is 16.6 Å². The summed E-state index contributed by atoms with van der Waals surface area (Å²) in [5, 5.41) is 12.8. The van der Waals surface area contributed by atoms with Gasteiger partial charge in [-0.1, -0.05) is 22.0 Å². The van der Waals surface area contributed by atoms with Crippen molar-refractivity contribution in [2.45, 2.75) is 20.0 Å². The lowest BCUT2D eigenvalue weighted by molar-refractivity contribution is 0.177. The monoisotopic (exact) mass is 257 g/mol. The Labute approximate surface area is 93.5 Å². The molecule has 0 bridgehead atoms. The quantitative estimate of drug-likeness (QED) is 0.872. The zero-order chi connectivity index (χ0) is 10.7. The highest BCUT2D eigenvalue weighted by molar-refractivity contribution is 9.10. The minimum Gasteiger partial charge on any atom is -0.387 e. The Morgan fingerprint density at radius 1 is 1.36 bits per heavy atom. The number of nitrogens with one attached hydrogen (secondary N) is 1. The second kappa shape index (κ2) is 4.91. The summed E-state index contributed by atoms with van der Waals surface area (Å²) in [5.74, 6) is 0. The van der Waals surface area contributed by atoms with E-state index in [1.54, 1.807) is 0 Å². The van der Waals surface area contributed by atoms with E-state index in [0.717, 1.165) is 15.6 Å². The maximum atomic E-state index is 9.84. The molecule has 0 aliphatic heterocycles. The first-order valence-corrected chi connectivity index (χ1v) is 5.45. The Balaban J connectivity index is 3.04. The molecule has 1 rings (SSSR count). The van der Waals surface area contributed by atoms with E-state index in [2.05, 4.69) is 28.2 Å². The van der Waals surface area contributed by atoms with Crippen LogP contribution in [-0.4, -0.2) is 18.7 Å². The third kappa shape index (κ3) is 2.35. The molecule has 0 aliphatic rings. The Kier molecular flexibility index (Phi) is 4.11. The van der Waals surface area contributed by atoms with E-state index >= 15 is 0 Å². The van der Waals surface area contributed by atoms with Gasteiger partial charge in [-0.05, 0) is 43.7 Å². The summed E-state index contributed by atoms with van der Waals surface area (Å²) in [6, 6.07) is 3.95. The topological polar surface area (TPSA) is 32.3 Å². The molecule has 0 aromatic heterocycles. The van der Waals surface area contributed by atoms with Gasteiger partial charge in [-0.25, -0.2) is 0 Å². The van der Waals surface area contributed by atoms with Crippen molar-refractivity contribution in [3.8, 4) is 0 Å². The molecule has 3 heteroatoms. The number of aliphatic hydroxyl groups is 1. The van der Waals surface area contributed by atoms with E-state index in [1.165, 1.54) is 5.56 Å². The Morgan fingerprint density at radius 3 is 2.57 bits per heavy atom. The van der Waals surface area contributed by atoms with E-state index in [0.29, 0.717) is 6.54 Å². The van der Waals surface area contributed by atoms with Crippen molar-refractivity contribution in [1.29, 1.82) is 0 Å². The lowest BCUT2D eigenvalue weighted by Crippen LogP contribution is -2.17. The molecule has 2 N–H and O–H groups in total. The van der Waals surface area contributed by atoms with Crippen molar-refractivity contribution < 1.29 is 5.11 Å². The molecule has 1 aromatic carbocycles. The highest BCUT2D eigenvalue weighted by Crippen LogP contribution is 2.26. The first-order chi connectivity index (χ1) is 6.57. The van der Waals surface area contributed by atoms with Crippen LogP contribution < -0.4 is 5.32 Å². The largest absolute Gasteiger partial charge is 0.387 e. The van der Waals surface area contributed by atoms with Crippen LogP contribution in [-0.2, 0) is 0 Å². The maximum absolute atomic E-state index is 9.84. The second-order valence-electron chi connectivity index (χ2n) is 3.46. The third-order valence-corrected chi connectivity index (χ3v) is 3.38. The molecule has 0 aliphatic carbocycles. The average Bonchev–Trinajstić information content (AvgIpc) is 2.15. The van der Waals surface area contributed by atoms with E-state index in [1.807, 2.05) is 26.1 Å².